The predicted octanol–water partition coefficient (Wildman–Crippen LogP) is 3.59. The molecule has 0 radical (unpaired) electrons. The fourth-order valence-electron chi connectivity index (χ4n) is 3.60. The predicted molar refractivity (Wildman–Crippen MR) is 116 cm³/mol. The Hall–Kier alpha value is -3.10. The molecule has 8 nitrogen and oxygen atoms in total. The first-order valence-corrected chi connectivity index (χ1v) is 10.0. The van der Waals surface area contributed by atoms with E-state index in [2.05, 4.69) is 5.10 Å². The molecule has 1 aromatic heterocycles. The number of hydrogen-bond donors (Lipinski definition) is 2. The zero-order valence-electron chi connectivity index (χ0n) is 18.3. The highest BCUT2D eigenvalue weighted by atomic mass is 16.5. The Morgan fingerprint density at radius 2 is 1.81 bits per heavy atom. The van der Waals surface area contributed by atoms with Crippen molar-refractivity contribution in [2.24, 2.45) is 0 Å². The Balaban J connectivity index is 1.97. The van der Waals surface area contributed by atoms with Crippen LogP contribution in [0.4, 0.5) is 0 Å². The van der Waals surface area contributed by atoms with E-state index < -0.39 is 18.2 Å². The zero-order valence-corrected chi connectivity index (χ0v) is 18.3. The lowest BCUT2D eigenvalue weighted by molar-refractivity contribution is -0.0754. The van der Waals surface area contributed by atoms with E-state index in [1.807, 2.05) is 20.8 Å². The zero-order chi connectivity index (χ0) is 22.7. The number of ether oxygens (including phenoxy) is 3. The number of hydrogen-bond acceptors (Lipinski definition) is 6. The number of carboxylic acid groups (broad SMARTS) is 1. The number of aliphatic hydroxyl groups excluding tert-OH is 1. The van der Waals surface area contributed by atoms with Crippen LogP contribution in [0.5, 0.6) is 11.5 Å². The first-order chi connectivity index (χ1) is 14.7. The Labute approximate surface area is 181 Å². The fraction of sp³-hybridized carbons (Fsp3) is 0.391. The van der Waals surface area contributed by atoms with Gasteiger partial charge in [-0.2, -0.15) is 5.10 Å². The summed E-state index contributed by atoms with van der Waals surface area (Å²) in [7, 11) is 3.13. The molecule has 1 heterocycles. The van der Waals surface area contributed by atoms with Crippen molar-refractivity contribution in [2.45, 2.75) is 45.6 Å². The smallest absolute Gasteiger partial charge is 0.337 e. The molecular weight excluding hydrogens is 400 g/mol. The van der Waals surface area contributed by atoms with E-state index in [1.165, 1.54) is 6.07 Å². The van der Waals surface area contributed by atoms with E-state index in [1.54, 1.807) is 49.4 Å². The van der Waals surface area contributed by atoms with Crippen LogP contribution < -0.4 is 9.47 Å². The number of fused-ring (bicyclic) bond motifs is 1. The standard InChI is InChI=1S/C23H28N2O6/c1-13(2)31-20(22(26)16-9-18(29-4)14(3)19(10-16)30-5)12-25-11-15-7-6-8-17(23(27)28)21(15)24-25/h6-11,13,20,22,26H,12H2,1-5H3,(H,27,28)/t20-,22+/m0/s1. The molecule has 0 unspecified atom stereocenters. The van der Waals surface area contributed by atoms with Gasteiger partial charge in [-0.3, -0.25) is 4.68 Å². The van der Waals surface area contributed by atoms with Crippen LogP contribution in [0.2, 0.25) is 0 Å². The van der Waals surface area contributed by atoms with Crippen molar-refractivity contribution in [1.82, 2.24) is 9.78 Å². The van der Waals surface area contributed by atoms with E-state index in [9.17, 15) is 15.0 Å². The molecule has 0 fully saturated rings. The molecule has 3 aromatic rings. The minimum absolute atomic E-state index is 0.131. The summed E-state index contributed by atoms with van der Waals surface area (Å²) in [5, 5.41) is 25.7. The van der Waals surface area contributed by atoms with Gasteiger partial charge < -0.3 is 24.4 Å². The van der Waals surface area contributed by atoms with Gasteiger partial charge in [0.1, 0.15) is 29.2 Å². The van der Waals surface area contributed by atoms with Crippen molar-refractivity contribution >= 4 is 16.9 Å². The molecule has 3 rings (SSSR count). The average Bonchev–Trinajstić information content (AvgIpc) is 3.14. The molecule has 0 spiro atoms. The summed E-state index contributed by atoms with van der Waals surface area (Å²) in [5.41, 5.74) is 1.95. The fourth-order valence-corrected chi connectivity index (χ4v) is 3.60. The van der Waals surface area contributed by atoms with E-state index in [4.69, 9.17) is 14.2 Å². The minimum Gasteiger partial charge on any atom is -0.496 e. The summed E-state index contributed by atoms with van der Waals surface area (Å²) in [5.74, 6) is 0.171. The van der Waals surface area contributed by atoms with E-state index in [0.29, 0.717) is 28.0 Å². The van der Waals surface area contributed by atoms with Crippen molar-refractivity contribution in [3.63, 3.8) is 0 Å². The van der Waals surface area contributed by atoms with Crippen LogP contribution >= 0.6 is 0 Å². The quantitative estimate of drug-likeness (QED) is 0.537. The Morgan fingerprint density at radius 1 is 1.16 bits per heavy atom. The third kappa shape index (κ3) is 4.81. The third-order valence-electron chi connectivity index (χ3n) is 5.10. The molecule has 8 heteroatoms. The number of methoxy groups -OCH3 is 2. The van der Waals surface area contributed by atoms with Gasteiger partial charge in [0, 0.05) is 17.1 Å². The molecule has 0 aliphatic rings. The summed E-state index contributed by atoms with van der Waals surface area (Å²) in [4.78, 5) is 11.5. The molecule has 0 aliphatic heterocycles. The minimum atomic E-state index is -1.04. The van der Waals surface area contributed by atoms with Crippen LogP contribution in [0.25, 0.3) is 10.9 Å². The van der Waals surface area contributed by atoms with Gasteiger partial charge in [0.25, 0.3) is 0 Å². The number of aromatic nitrogens is 2. The molecular formula is C23H28N2O6. The number of rotatable bonds is 9. The Kier molecular flexibility index (Phi) is 6.82. The maximum atomic E-state index is 11.5. The topological polar surface area (TPSA) is 103 Å². The van der Waals surface area contributed by atoms with Gasteiger partial charge in [-0.1, -0.05) is 12.1 Å². The number of aromatic carboxylic acids is 1. The van der Waals surface area contributed by atoms with Gasteiger partial charge in [-0.05, 0) is 44.5 Å². The summed E-state index contributed by atoms with van der Waals surface area (Å²) < 4.78 is 18.5. The molecule has 2 aromatic carbocycles. The van der Waals surface area contributed by atoms with Gasteiger partial charge >= 0.3 is 5.97 Å². The van der Waals surface area contributed by atoms with Gasteiger partial charge in [0.15, 0.2) is 0 Å². The normalized spacial score (nSPS) is 13.4. The highest BCUT2D eigenvalue weighted by Crippen LogP contribution is 2.34. The summed E-state index contributed by atoms with van der Waals surface area (Å²) >= 11 is 0. The van der Waals surface area contributed by atoms with Crippen LogP contribution in [-0.2, 0) is 11.3 Å². The number of carbonyl (C=O) groups is 1. The van der Waals surface area contributed by atoms with Gasteiger partial charge in [-0.25, -0.2) is 4.79 Å². The SMILES string of the molecule is COc1cc([C@@H](O)[C@H](Cn2cc3cccc(C(=O)O)c3n2)OC(C)C)cc(OC)c1C. The number of carboxylic acids is 1. The molecule has 31 heavy (non-hydrogen) atoms. The molecule has 166 valence electrons. The van der Waals surface area contributed by atoms with Crippen molar-refractivity contribution in [3.8, 4) is 11.5 Å². The second-order valence-corrected chi connectivity index (χ2v) is 7.62. The maximum absolute atomic E-state index is 11.5. The number of aliphatic hydroxyl groups is 1. The van der Waals surface area contributed by atoms with Crippen molar-refractivity contribution in [1.29, 1.82) is 0 Å². The van der Waals surface area contributed by atoms with Crippen molar-refractivity contribution in [3.05, 3.63) is 53.2 Å². The second-order valence-electron chi connectivity index (χ2n) is 7.62. The summed E-state index contributed by atoms with van der Waals surface area (Å²) in [6.07, 6.45) is -0.0215. The average molecular weight is 428 g/mol. The second kappa shape index (κ2) is 9.36. The monoisotopic (exact) mass is 428 g/mol. The van der Waals surface area contributed by atoms with Crippen LogP contribution in [0.3, 0.4) is 0 Å². The molecule has 0 bridgehead atoms. The number of nitrogens with zero attached hydrogens (tertiary/aromatic N) is 2. The van der Waals surface area contributed by atoms with Crippen LogP contribution in [0.1, 0.15) is 41.4 Å². The van der Waals surface area contributed by atoms with Crippen LogP contribution in [0, 0.1) is 6.92 Å². The van der Waals surface area contributed by atoms with E-state index >= 15 is 0 Å². The van der Waals surface area contributed by atoms with E-state index in [0.717, 1.165) is 5.56 Å². The van der Waals surface area contributed by atoms with Crippen molar-refractivity contribution < 1.29 is 29.2 Å². The lowest BCUT2D eigenvalue weighted by atomic mass is 10.0. The van der Waals surface area contributed by atoms with Crippen molar-refractivity contribution in [2.75, 3.05) is 14.2 Å². The van der Waals surface area contributed by atoms with E-state index in [-0.39, 0.29) is 18.2 Å². The lowest BCUT2D eigenvalue weighted by Crippen LogP contribution is -2.30. The van der Waals surface area contributed by atoms with Gasteiger partial charge in [0.2, 0.25) is 0 Å². The molecule has 2 atom stereocenters. The summed E-state index contributed by atoms with van der Waals surface area (Å²) in [6, 6.07) is 8.53. The van der Waals surface area contributed by atoms with Crippen LogP contribution in [0.15, 0.2) is 36.5 Å². The first kappa shape index (κ1) is 22.6. The molecule has 0 saturated heterocycles. The first-order valence-electron chi connectivity index (χ1n) is 10.0. The Morgan fingerprint density at radius 3 is 2.35 bits per heavy atom. The van der Waals surface area contributed by atoms with Gasteiger partial charge in [0.05, 0.1) is 32.4 Å². The molecule has 0 aliphatic carbocycles. The largest absolute Gasteiger partial charge is 0.496 e. The summed E-state index contributed by atoms with van der Waals surface area (Å²) in [6.45, 7) is 5.88. The highest BCUT2D eigenvalue weighted by molar-refractivity contribution is 6.01. The number of benzene rings is 2. The lowest BCUT2D eigenvalue weighted by Gasteiger charge is -2.26. The third-order valence-corrected chi connectivity index (χ3v) is 5.10. The Bertz CT molecular complexity index is 1050. The van der Waals surface area contributed by atoms with Crippen LogP contribution in [-0.4, -0.2) is 52.4 Å². The molecule has 0 amide bonds. The highest BCUT2D eigenvalue weighted by Gasteiger charge is 2.26. The molecule has 2 N–H and O–H groups in total. The van der Waals surface area contributed by atoms with Gasteiger partial charge in [-0.15, -0.1) is 0 Å². The maximum Gasteiger partial charge on any atom is 0.337 e. The molecule has 0 saturated carbocycles.